The Morgan fingerprint density at radius 2 is 1.89 bits per heavy atom. The van der Waals surface area contributed by atoms with E-state index in [1.165, 1.54) is 12.1 Å². The predicted molar refractivity (Wildman–Crippen MR) is 67.1 cm³/mol. The van der Waals surface area contributed by atoms with Gasteiger partial charge in [0.05, 0.1) is 5.56 Å². The maximum Gasteiger partial charge on any atom is 0.337 e. The Kier molecular flexibility index (Phi) is 3.57. The van der Waals surface area contributed by atoms with Gasteiger partial charge in [0.25, 0.3) is 0 Å². The standard InChI is InChI=1S/C14H12FNO2/c15-11-6-7-13(12(8-11)14(17)18)16-9-10-4-2-1-3-5-10/h1-8,16H,9H2,(H,17,18). The molecule has 0 bridgehead atoms. The van der Waals surface area contributed by atoms with Gasteiger partial charge in [0, 0.05) is 12.2 Å². The number of hydrogen-bond donors (Lipinski definition) is 2. The van der Waals surface area contributed by atoms with Gasteiger partial charge in [-0.15, -0.1) is 0 Å². The quantitative estimate of drug-likeness (QED) is 0.870. The van der Waals surface area contributed by atoms with Crippen LogP contribution < -0.4 is 5.32 Å². The number of carboxylic acid groups (broad SMARTS) is 1. The van der Waals surface area contributed by atoms with Crippen LogP contribution in [0.2, 0.25) is 0 Å². The molecule has 0 aliphatic carbocycles. The van der Waals surface area contributed by atoms with E-state index in [0.717, 1.165) is 11.6 Å². The molecule has 2 aromatic rings. The van der Waals surface area contributed by atoms with Gasteiger partial charge in [-0.2, -0.15) is 0 Å². The molecule has 0 saturated carbocycles. The summed E-state index contributed by atoms with van der Waals surface area (Å²) in [4.78, 5) is 11.0. The van der Waals surface area contributed by atoms with Gasteiger partial charge in [-0.05, 0) is 23.8 Å². The molecule has 0 aromatic heterocycles. The van der Waals surface area contributed by atoms with Crippen molar-refractivity contribution < 1.29 is 14.3 Å². The van der Waals surface area contributed by atoms with Crippen molar-refractivity contribution in [1.82, 2.24) is 0 Å². The smallest absolute Gasteiger partial charge is 0.337 e. The van der Waals surface area contributed by atoms with E-state index >= 15 is 0 Å². The van der Waals surface area contributed by atoms with Gasteiger partial charge < -0.3 is 10.4 Å². The molecule has 0 atom stereocenters. The number of benzene rings is 2. The number of carboxylic acids is 1. The van der Waals surface area contributed by atoms with Gasteiger partial charge in [-0.3, -0.25) is 0 Å². The number of nitrogens with one attached hydrogen (secondary N) is 1. The van der Waals surface area contributed by atoms with E-state index in [4.69, 9.17) is 5.11 Å². The lowest BCUT2D eigenvalue weighted by Gasteiger charge is -2.09. The number of anilines is 1. The molecule has 3 nitrogen and oxygen atoms in total. The SMILES string of the molecule is O=C(O)c1cc(F)ccc1NCc1ccccc1. The second-order valence-corrected chi connectivity index (χ2v) is 3.83. The summed E-state index contributed by atoms with van der Waals surface area (Å²) >= 11 is 0. The highest BCUT2D eigenvalue weighted by Gasteiger charge is 2.10. The lowest BCUT2D eigenvalue weighted by molar-refractivity contribution is 0.0697. The summed E-state index contributed by atoms with van der Waals surface area (Å²) < 4.78 is 13.0. The number of aromatic carboxylic acids is 1. The summed E-state index contributed by atoms with van der Waals surface area (Å²) in [6.07, 6.45) is 0. The van der Waals surface area contributed by atoms with Crippen LogP contribution in [0.25, 0.3) is 0 Å². The minimum Gasteiger partial charge on any atom is -0.478 e. The number of rotatable bonds is 4. The monoisotopic (exact) mass is 245 g/mol. The molecule has 2 N–H and O–H groups in total. The second-order valence-electron chi connectivity index (χ2n) is 3.83. The molecule has 0 aliphatic rings. The van der Waals surface area contributed by atoms with Crippen molar-refractivity contribution in [3.05, 3.63) is 65.5 Å². The summed E-state index contributed by atoms with van der Waals surface area (Å²) in [6.45, 7) is 0.493. The largest absolute Gasteiger partial charge is 0.478 e. The molecule has 4 heteroatoms. The van der Waals surface area contributed by atoms with Crippen LogP contribution >= 0.6 is 0 Å². The molecule has 92 valence electrons. The minimum atomic E-state index is -1.15. The highest BCUT2D eigenvalue weighted by molar-refractivity contribution is 5.94. The summed E-state index contributed by atoms with van der Waals surface area (Å²) in [5.41, 5.74) is 1.37. The Bertz CT molecular complexity index is 555. The molecule has 0 unspecified atom stereocenters. The fraction of sp³-hybridized carbons (Fsp3) is 0.0714. The van der Waals surface area contributed by atoms with Crippen LogP contribution in [0.3, 0.4) is 0 Å². The fourth-order valence-electron chi connectivity index (χ4n) is 1.64. The lowest BCUT2D eigenvalue weighted by Crippen LogP contribution is -2.06. The summed E-state index contributed by atoms with van der Waals surface area (Å²) in [5, 5.41) is 12.0. The molecule has 0 saturated heterocycles. The third-order valence-corrected chi connectivity index (χ3v) is 2.54. The third-order valence-electron chi connectivity index (χ3n) is 2.54. The average molecular weight is 245 g/mol. The van der Waals surface area contributed by atoms with Crippen LogP contribution in [-0.4, -0.2) is 11.1 Å². The number of halogens is 1. The highest BCUT2D eigenvalue weighted by Crippen LogP contribution is 2.18. The van der Waals surface area contributed by atoms with Crippen LogP contribution in [0.15, 0.2) is 48.5 Å². The Morgan fingerprint density at radius 1 is 1.17 bits per heavy atom. The Labute approximate surface area is 104 Å². The summed E-state index contributed by atoms with van der Waals surface area (Å²) in [7, 11) is 0. The van der Waals surface area contributed by atoms with E-state index in [2.05, 4.69) is 5.32 Å². The first kappa shape index (κ1) is 12.1. The van der Waals surface area contributed by atoms with Crippen molar-refractivity contribution in [2.45, 2.75) is 6.54 Å². The number of hydrogen-bond acceptors (Lipinski definition) is 2. The van der Waals surface area contributed by atoms with Gasteiger partial charge in [0.2, 0.25) is 0 Å². The molecule has 0 radical (unpaired) electrons. The lowest BCUT2D eigenvalue weighted by atomic mass is 10.1. The second kappa shape index (κ2) is 5.31. The van der Waals surface area contributed by atoms with Crippen molar-refractivity contribution in [3.63, 3.8) is 0 Å². The molecule has 0 heterocycles. The van der Waals surface area contributed by atoms with E-state index in [-0.39, 0.29) is 5.56 Å². The van der Waals surface area contributed by atoms with Crippen molar-refractivity contribution in [2.75, 3.05) is 5.32 Å². The maximum absolute atomic E-state index is 13.0. The van der Waals surface area contributed by atoms with E-state index in [1.54, 1.807) is 0 Å². The minimum absolute atomic E-state index is 0.0640. The zero-order chi connectivity index (χ0) is 13.0. The van der Waals surface area contributed by atoms with Crippen molar-refractivity contribution >= 4 is 11.7 Å². The molecular weight excluding hydrogens is 233 g/mol. The summed E-state index contributed by atoms with van der Waals surface area (Å²) in [5.74, 6) is -1.71. The first-order valence-corrected chi connectivity index (χ1v) is 5.47. The molecule has 2 aromatic carbocycles. The van der Waals surface area contributed by atoms with Crippen LogP contribution in [0.4, 0.5) is 10.1 Å². The van der Waals surface area contributed by atoms with Gasteiger partial charge in [0.15, 0.2) is 0 Å². The van der Waals surface area contributed by atoms with Crippen molar-refractivity contribution in [1.29, 1.82) is 0 Å². The van der Waals surface area contributed by atoms with Crippen LogP contribution in [-0.2, 0) is 6.54 Å². The molecule has 2 rings (SSSR count). The molecule has 0 amide bonds. The first-order chi connectivity index (χ1) is 8.66. The first-order valence-electron chi connectivity index (χ1n) is 5.47. The topological polar surface area (TPSA) is 49.3 Å². The number of carbonyl (C=O) groups is 1. The average Bonchev–Trinajstić information content (AvgIpc) is 2.38. The summed E-state index contributed by atoms with van der Waals surface area (Å²) in [6, 6.07) is 13.2. The zero-order valence-electron chi connectivity index (χ0n) is 9.56. The highest BCUT2D eigenvalue weighted by atomic mass is 19.1. The van der Waals surface area contributed by atoms with Gasteiger partial charge in [0.1, 0.15) is 5.82 Å². The van der Waals surface area contributed by atoms with Gasteiger partial charge >= 0.3 is 5.97 Å². The van der Waals surface area contributed by atoms with Crippen LogP contribution in [0.1, 0.15) is 15.9 Å². The van der Waals surface area contributed by atoms with Gasteiger partial charge in [-0.1, -0.05) is 30.3 Å². The molecule has 18 heavy (non-hydrogen) atoms. The molecular formula is C14H12FNO2. The van der Waals surface area contributed by atoms with E-state index < -0.39 is 11.8 Å². The van der Waals surface area contributed by atoms with E-state index in [9.17, 15) is 9.18 Å². The van der Waals surface area contributed by atoms with Crippen LogP contribution in [0, 0.1) is 5.82 Å². The molecule has 0 aliphatic heterocycles. The third kappa shape index (κ3) is 2.85. The van der Waals surface area contributed by atoms with Gasteiger partial charge in [-0.25, -0.2) is 9.18 Å². The van der Waals surface area contributed by atoms with Crippen LogP contribution in [0.5, 0.6) is 0 Å². The van der Waals surface area contributed by atoms with E-state index in [1.807, 2.05) is 30.3 Å². The van der Waals surface area contributed by atoms with Crippen molar-refractivity contribution in [3.8, 4) is 0 Å². The zero-order valence-corrected chi connectivity index (χ0v) is 9.56. The Hall–Kier alpha value is -2.36. The van der Waals surface area contributed by atoms with Crippen molar-refractivity contribution in [2.24, 2.45) is 0 Å². The molecule has 0 fully saturated rings. The van der Waals surface area contributed by atoms with E-state index in [0.29, 0.717) is 12.2 Å². The predicted octanol–water partition coefficient (Wildman–Crippen LogP) is 3.14. The maximum atomic E-state index is 13.0. The Morgan fingerprint density at radius 3 is 2.56 bits per heavy atom. The fourth-order valence-corrected chi connectivity index (χ4v) is 1.64. The Balaban J connectivity index is 2.17. The normalized spacial score (nSPS) is 10.1. The molecule has 0 spiro atoms.